The first kappa shape index (κ1) is 17.7. The van der Waals surface area contributed by atoms with Crippen molar-refractivity contribution in [1.29, 1.82) is 0 Å². The van der Waals surface area contributed by atoms with E-state index >= 15 is 0 Å². The Bertz CT molecular complexity index is 947. The monoisotopic (exact) mass is 360 g/mol. The molecule has 0 fully saturated rings. The van der Waals surface area contributed by atoms with E-state index in [-0.39, 0.29) is 17.2 Å². The predicted molar refractivity (Wildman–Crippen MR) is 96.3 cm³/mol. The molecule has 3 N–H and O–H groups in total. The van der Waals surface area contributed by atoms with Gasteiger partial charge < -0.3 is 20.3 Å². The van der Waals surface area contributed by atoms with Gasteiger partial charge in [-0.2, -0.15) is 0 Å². The van der Waals surface area contributed by atoms with E-state index in [9.17, 15) is 18.7 Å². The number of hydrogen-bond donors (Lipinski definition) is 3. The van der Waals surface area contributed by atoms with Crippen LogP contribution in [0.4, 0.5) is 26.1 Å². The first-order valence-corrected chi connectivity index (χ1v) is 8.17. The largest absolute Gasteiger partial charge is 0.478 e. The molecular formula is C18H18F2N4O2. The van der Waals surface area contributed by atoms with Crippen LogP contribution in [0.3, 0.4) is 0 Å². The maximum atomic E-state index is 13.8. The molecule has 0 saturated carbocycles. The van der Waals surface area contributed by atoms with Crippen molar-refractivity contribution in [1.82, 2.24) is 9.97 Å². The van der Waals surface area contributed by atoms with E-state index in [1.54, 1.807) is 6.07 Å². The number of H-pyrrole nitrogens is 1. The van der Waals surface area contributed by atoms with Crippen LogP contribution in [-0.4, -0.2) is 34.1 Å². The van der Waals surface area contributed by atoms with E-state index in [1.165, 1.54) is 12.1 Å². The van der Waals surface area contributed by atoms with Gasteiger partial charge in [0.1, 0.15) is 17.3 Å². The minimum atomic E-state index is -1.06. The van der Waals surface area contributed by atoms with Crippen LogP contribution in [0.25, 0.3) is 11.0 Å². The minimum Gasteiger partial charge on any atom is -0.478 e. The summed E-state index contributed by atoms with van der Waals surface area (Å²) in [7, 11) is 0. The number of carboxylic acids is 1. The number of para-hydroxylation sites is 1. The highest BCUT2D eigenvalue weighted by Crippen LogP contribution is 2.29. The molecule has 0 amide bonds. The number of anilines is 3. The highest BCUT2D eigenvalue weighted by molar-refractivity contribution is 6.00. The number of rotatable bonds is 6. The van der Waals surface area contributed by atoms with Crippen molar-refractivity contribution in [3.63, 3.8) is 0 Å². The number of aromatic nitrogens is 2. The number of aromatic carboxylic acids is 1. The molecular weight excluding hydrogens is 342 g/mol. The highest BCUT2D eigenvalue weighted by atomic mass is 19.1. The summed E-state index contributed by atoms with van der Waals surface area (Å²) in [6.45, 7) is 5.14. The lowest BCUT2D eigenvalue weighted by Gasteiger charge is -2.22. The molecule has 0 saturated heterocycles. The molecule has 0 unspecified atom stereocenters. The summed E-state index contributed by atoms with van der Waals surface area (Å²) >= 11 is 0. The molecule has 8 heteroatoms. The number of halogens is 2. The van der Waals surface area contributed by atoms with Crippen LogP contribution in [0.15, 0.2) is 30.3 Å². The zero-order valence-electron chi connectivity index (χ0n) is 14.3. The number of carbonyl (C=O) groups is 1. The Kier molecular flexibility index (Phi) is 4.75. The van der Waals surface area contributed by atoms with E-state index in [0.29, 0.717) is 29.8 Å². The lowest BCUT2D eigenvalue weighted by Crippen LogP contribution is -2.24. The minimum absolute atomic E-state index is 0.122. The fraction of sp³-hybridized carbons (Fsp3) is 0.222. The van der Waals surface area contributed by atoms with Crippen molar-refractivity contribution >= 4 is 34.3 Å². The quantitative estimate of drug-likeness (QED) is 0.616. The summed E-state index contributed by atoms with van der Waals surface area (Å²) in [5, 5.41) is 12.1. The Hall–Kier alpha value is -3.16. The van der Waals surface area contributed by atoms with Gasteiger partial charge in [-0.3, -0.25) is 0 Å². The van der Waals surface area contributed by atoms with Gasteiger partial charge >= 0.3 is 5.97 Å². The Balaban J connectivity index is 2.07. The summed E-state index contributed by atoms with van der Waals surface area (Å²) in [6, 6.07) is 6.67. The fourth-order valence-corrected chi connectivity index (χ4v) is 2.84. The lowest BCUT2D eigenvalue weighted by atomic mass is 10.1. The number of benzene rings is 2. The standard InChI is InChI=1S/C18H18F2N4O2/c1-3-24(4-2)15-9-14-13(8-10(15)17(25)26)21-18(22-14)23-16-11(19)6-5-7-12(16)20/h5-9H,3-4H2,1-2H3,(H,25,26)(H2,21,22,23). The molecule has 2 aromatic carbocycles. The fourth-order valence-electron chi connectivity index (χ4n) is 2.84. The van der Waals surface area contributed by atoms with Gasteiger partial charge in [0.05, 0.1) is 22.3 Å². The van der Waals surface area contributed by atoms with Crippen LogP contribution in [-0.2, 0) is 0 Å². The average Bonchev–Trinajstić information content (AvgIpc) is 3.00. The topological polar surface area (TPSA) is 81.2 Å². The van der Waals surface area contributed by atoms with Crippen LogP contribution >= 0.6 is 0 Å². The number of nitrogens with zero attached hydrogens (tertiary/aromatic N) is 2. The third-order valence-electron chi connectivity index (χ3n) is 4.14. The Labute approximate surface area is 148 Å². The molecule has 1 heterocycles. The molecule has 0 atom stereocenters. The van der Waals surface area contributed by atoms with Gasteiger partial charge in [0.25, 0.3) is 0 Å². The normalized spacial score (nSPS) is 10.9. The first-order valence-electron chi connectivity index (χ1n) is 8.17. The third-order valence-corrected chi connectivity index (χ3v) is 4.14. The summed E-state index contributed by atoms with van der Waals surface area (Å²) in [4.78, 5) is 20.7. The van der Waals surface area contributed by atoms with Gasteiger partial charge in [-0.05, 0) is 38.1 Å². The molecule has 3 aromatic rings. The lowest BCUT2D eigenvalue weighted by molar-refractivity contribution is 0.0697. The van der Waals surface area contributed by atoms with Crippen LogP contribution in [0.1, 0.15) is 24.2 Å². The highest BCUT2D eigenvalue weighted by Gasteiger charge is 2.18. The third kappa shape index (κ3) is 3.17. The summed E-state index contributed by atoms with van der Waals surface area (Å²) in [5.74, 6) is -2.44. The number of hydrogen-bond acceptors (Lipinski definition) is 4. The molecule has 0 aliphatic carbocycles. The average molecular weight is 360 g/mol. The maximum Gasteiger partial charge on any atom is 0.337 e. The van der Waals surface area contributed by atoms with E-state index in [2.05, 4.69) is 15.3 Å². The molecule has 136 valence electrons. The summed E-state index contributed by atoms with van der Waals surface area (Å²) in [5.41, 5.74) is 1.31. The van der Waals surface area contributed by atoms with Gasteiger partial charge in [-0.25, -0.2) is 18.6 Å². The molecule has 0 aliphatic heterocycles. The second-order valence-corrected chi connectivity index (χ2v) is 5.67. The second kappa shape index (κ2) is 6.99. The molecule has 0 spiro atoms. The second-order valence-electron chi connectivity index (χ2n) is 5.67. The maximum absolute atomic E-state index is 13.8. The van der Waals surface area contributed by atoms with Crippen molar-refractivity contribution in [2.75, 3.05) is 23.3 Å². The Morgan fingerprint density at radius 3 is 2.46 bits per heavy atom. The van der Waals surface area contributed by atoms with Gasteiger partial charge in [0, 0.05) is 13.1 Å². The molecule has 0 aliphatic rings. The summed E-state index contributed by atoms with van der Waals surface area (Å²) < 4.78 is 27.6. The molecule has 6 nitrogen and oxygen atoms in total. The van der Waals surface area contributed by atoms with Crippen molar-refractivity contribution in [3.8, 4) is 0 Å². The van der Waals surface area contributed by atoms with E-state index in [1.807, 2.05) is 18.7 Å². The zero-order valence-corrected chi connectivity index (χ0v) is 14.3. The van der Waals surface area contributed by atoms with Crippen LogP contribution in [0, 0.1) is 11.6 Å². The van der Waals surface area contributed by atoms with Crippen LogP contribution in [0.5, 0.6) is 0 Å². The van der Waals surface area contributed by atoms with Crippen molar-refractivity contribution < 1.29 is 18.7 Å². The number of fused-ring (bicyclic) bond motifs is 1. The Morgan fingerprint density at radius 2 is 1.88 bits per heavy atom. The van der Waals surface area contributed by atoms with E-state index in [4.69, 9.17) is 0 Å². The smallest absolute Gasteiger partial charge is 0.337 e. The van der Waals surface area contributed by atoms with Crippen molar-refractivity contribution in [2.24, 2.45) is 0 Å². The van der Waals surface area contributed by atoms with Crippen molar-refractivity contribution in [2.45, 2.75) is 13.8 Å². The zero-order chi connectivity index (χ0) is 18.8. The summed E-state index contributed by atoms with van der Waals surface area (Å²) in [6.07, 6.45) is 0. The van der Waals surface area contributed by atoms with E-state index in [0.717, 1.165) is 12.1 Å². The van der Waals surface area contributed by atoms with Gasteiger partial charge in [0.2, 0.25) is 5.95 Å². The Morgan fingerprint density at radius 1 is 1.23 bits per heavy atom. The molecule has 3 rings (SSSR count). The molecule has 1 aromatic heterocycles. The molecule has 0 radical (unpaired) electrons. The predicted octanol–water partition coefficient (Wildman–Crippen LogP) is 4.13. The van der Waals surface area contributed by atoms with Gasteiger partial charge in [0.15, 0.2) is 0 Å². The number of imidazole rings is 1. The first-order chi connectivity index (χ1) is 12.4. The number of nitrogens with one attached hydrogen (secondary N) is 2. The SMILES string of the molecule is CCN(CC)c1cc2[nH]c(Nc3c(F)cccc3F)nc2cc1C(=O)O. The van der Waals surface area contributed by atoms with E-state index < -0.39 is 17.6 Å². The van der Waals surface area contributed by atoms with Crippen LogP contribution in [0.2, 0.25) is 0 Å². The number of aromatic amines is 1. The van der Waals surface area contributed by atoms with Gasteiger partial charge in [-0.1, -0.05) is 6.07 Å². The number of carboxylic acid groups (broad SMARTS) is 1. The molecule has 0 bridgehead atoms. The van der Waals surface area contributed by atoms with Crippen LogP contribution < -0.4 is 10.2 Å². The van der Waals surface area contributed by atoms with Crippen molar-refractivity contribution in [3.05, 3.63) is 47.5 Å². The van der Waals surface area contributed by atoms with Gasteiger partial charge in [-0.15, -0.1) is 0 Å². The molecule has 26 heavy (non-hydrogen) atoms.